The third-order valence-electron chi connectivity index (χ3n) is 3.16. The number of esters is 2. The van der Waals surface area contributed by atoms with Crippen molar-refractivity contribution in [1.29, 1.82) is 0 Å². The molecular weight excluding hydrogens is 430 g/mol. The fourth-order valence-electron chi connectivity index (χ4n) is 2.36. The van der Waals surface area contributed by atoms with Crippen molar-refractivity contribution >= 4 is 28.6 Å². The molecule has 0 aromatic rings. The maximum absolute atomic E-state index is 12.3. The van der Waals surface area contributed by atoms with Crippen molar-refractivity contribution in [3.8, 4) is 0 Å². The molecule has 0 aromatic heterocycles. The van der Waals surface area contributed by atoms with Crippen LogP contribution in [0, 0.1) is 0 Å². The normalized spacial score (nSPS) is 15.0. The van der Waals surface area contributed by atoms with Crippen molar-refractivity contribution in [3.05, 3.63) is 12.2 Å². The van der Waals surface area contributed by atoms with Gasteiger partial charge in [-0.15, -0.1) is 0 Å². The number of carbonyl (C=O) groups is 2. The Morgan fingerprint density at radius 1 is 0.857 bits per heavy atom. The smallest absolute Gasteiger partial charge is 0.434 e. The van der Waals surface area contributed by atoms with Gasteiger partial charge in [-0.2, -0.15) is 26.3 Å². The summed E-state index contributed by atoms with van der Waals surface area (Å²) in [5, 5.41) is 0. The van der Waals surface area contributed by atoms with Crippen molar-refractivity contribution < 1.29 is 49.5 Å². The Balaban J connectivity index is 5.05. The largest absolute Gasteiger partial charge is 0.460 e. The molecule has 0 aromatic carbocycles. The number of rotatable bonds is 8. The highest BCUT2D eigenvalue weighted by molar-refractivity contribution is 6.84. The molecular formula is C15H24F6O5Si2. The number of hydrogen-bond acceptors (Lipinski definition) is 5. The number of carbonyl (C=O) groups excluding carboxylic acids is 2. The third kappa shape index (κ3) is 9.73. The van der Waals surface area contributed by atoms with Crippen LogP contribution in [0.15, 0.2) is 12.2 Å². The average Bonchev–Trinajstić information content (AvgIpc) is 2.43. The predicted octanol–water partition coefficient (Wildman–Crippen LogP) is 4.50. The van der Waals surface area contributed by atoms with E-state index in [1.807, 2.05) is 32.7 Å². The van der Waals surface area contributed by atoms with Crippen LogP contribution in [-0.2, 0) is 23.2 Å². The zero-order chi connectivity index (χ0) is 22.6. The first kappa shape index (κ1) is 26.7. The standard InChI is InChI=1S/C15H24F6O5Si2/c1-7-12(28(5,6)26-27(2,3)4)24-10(22)8-9-11(23)25-13(14(16,17)18)15(19,20)21/h8-9,12-13H,7H2,1-6H3/b9-8+. The van der Waals surface area contributed by atoms with Crippen LogP contribution in [-0.4, -0.2) is 52.8 Å². The first-order valence-electron chi connectivity index (χ1n) is 8.22. The van der Waals surface area contributed by atoms with E-state index >= 15 is 0 Å². The monoisotopic (exact) mass is 454 g/mol. The summed E-state index contributed by atoms with van der Waals surface area (Å²) in [5.41, 5.74) is -0.620. The minimum atomic E-state index is -5.83. The van der Waals surface area contributed by atoms with Gasteiger partial charge in [0.1, 0.15) is 5.73 Å². The Bertz CT molecular complexity index is 567. The maximum atomic E-state index is 12.3. The van der Waals surface area contributed by atoms with E-state index in [2.05, 4.69) is 4.74 Å². The maximum Gasteiger partial charge on any atom is 0.434 e. The molecule has 1 unspecified atom stereocenters. The SMILES string of the molecule is CCC(OC(=O)/C=C/C(=O)OC(C(F)(F)F)C(F)(F)F)[Si](C)(C)O[Si](C)(C)C. The molecule has 164 valence electrons. The van der Waals surface area contributed by atoms with Gasteiger partial charge >= 0.3 is 24.3 Å². The van der Waals surface area contributed by atoms with Gasteiger partial charge in [0.2, 0.25) is 8.32 Å². The molecule has 0 rings (SSSR count). The van der Waals surface area contributed by atoms with Crippen LogP contribution in [0.5, 0.6) is 0 Å². The zero-order valence-electron chi connectivity index (χ0n) is 16.3. The molecule has 5 nitrogen and oxygen atoms in total. The summed E-state index contributed by atoms with van der Waals surface area (Å²) in [6.45, 7) is 11.2. The lowest BCUT2D eigenvalue weighted by atomic mass is 10.3. The molecule has 13 heteroatoms. The van der Waals surface area contributed by atoms with Crippen LogP contribution in [0.25, 0.3) is 0 Å². The second-order valence-electron chi connectivity index (χ2n) is 7.39. The molecule has 0 aliphatic rings. The van der Waals surface area contributed by atoms with E-state index in [4.69, 9.17) is 8.85 Å². The fourth-order valence-corrected chi connectivity index (χ4v) is 10.6. The molecule has 0 N–H and O–H groups in total. The number of ether oxygens (including phenoxy) is 2. The van der Waals surface area contributed by atoms with E-state index in [-0.39, 0.29) is 6.08 Å². The van der Waals surface area contributed by atoms with Gasteiger partial charge in [-0.1, -0.05) is 6.92 Å². The van der Waals surface area contributed by atoms with Gasteiger partial charge in [0.05, 0.1) is 0 Å². The van der Waals surface area contributed by atoms with Crippen molar-refractivity contribution in [3.63, 3.8) is 0 Å². The summed E-state index contributed by atoms with van der Waals surface area (Å²) in [6, 6.07) is 0. The van der Waals surface area contributed by atoms with Gasteiger partial charge < -0.3 is 13.6 Å². The van der Waals surface area contributed by atoms with Gasteiger partial charge in [0, 0.05) is 12.2 Å². The Morgan fingerprint density at radius 2 is 1.25 bits per heavy atom. The van der Waals surface area contributed by atoms with Crippen molar-refractivity contribution in [2.75, 3.05) is 0 Å². The molecule has 0 aliphatic heterocycles. The summed E-state index contributed by atoms with van der Waals surface area (Å²) >= 11 is 0. The molecule has 0 heterocycles. The molecule has 0 aliphatic carbocycles. The molecule has 28 heavy (non-hydrogen) atoms. The summed E-state index contributed by atoms with van der Waals surface area (Å²) < 4.78 is 88.7. The quantitative estimate of drug-likeness (QED) is 0.234. The second kappa shape index (κ2) is 9.43. The van der Waals surface area contributed by atoms with Crippen LogP contribution in [0.4, 0.5) is 26.3 Å². The van der Waals surface area contributed by atoms with Crippen molar-refractivity contribution in [2.45, 2.75) is 70.3 Å². The predicted molar refractivity (Wildman–Crippen MR) is 93.2 cm³/mol. The average molecular weight is 455 g/mol. The fraction of sp³-hybridized carbons (Fsp3) is 0.733. The second-order valence-corrected chi connectivity index (χ2v) is 16.3. The number of hydrogen-bond donors (Lipinski definition) is 0. The minimum absolute atomic E-state index is 0.160. The van der Waals surface area contributed by atoms with Crippen LogP contribution >= 0.6 is 0 Å². The van der Waals surface area contributed by atoms with Crippen LogP contribution in [0.2, 0.25) is 32.7 Å². The Morgan fingerprint density at radius 3 is 1.57 bits per heavy atom. The third-order valence-corrected chi connectivity index (χ3v) is 9.79. The van der Waals surface area contributed by atoms with E-state index in [9.17, 15) is 35.9 Å². The molecule has 1 atom stereocenters. The van der Waals surface area contributed by atoms with E-state index in [0.717, 1.165) is 0 Å². The molecule has 0 spiro atoms. The van der Waals surface area contributed by atoms with Gasteiger partial charge in [0.15, 0.2) is 8.32 Å². The lowest BCUT2D eigenvalue weighted by Crippen LogP contribution is -2.52. The van der Waals surface area contributed by atoms with Crippen LogP contribution < -0.4 is 0 Å². The van der Waals surface area contributed by atoms with Gasteiger partial charge in [-0.05, 0) is 39.2 Å². The minimum Gasteiger partial charge on any atom is -0.460 e. The zero-order valence-corrected chi connectivity index (χ0v) is 18.3. The first-order valence-corrected chi connectivity index (χ1v) is 14.6. The van der Waals surface area contributed by atoms with E-state index < -0.39 is 52.8 Å². The summed E-state index contributed by atoms with van der Waals surface area (Å²) in [6.07, 6.45) is -15.0. The lowest BCUT2D eigenvalue weighted by molar-refractivity contribution is -0.312. The van der Waals surface area contributed by atoms with Gasteiger partial charge in [0.25, 0.3) is 6.10 Å². The van der Waals surface area contributed by atoms with Crippen LogP contribution in [0.1, 0.15) is 13.3 Å². The number of halogens is 6. The molecule has 0 fully saturated rings. The summed E-state index contributed by atoms with van der Waals surface area (Å²) in [7, 11) is -4.44. The number of alkyl halides is 6. The van der Waals surface area contributed by atoms with Crippen LogP contribution in [0.3, 0.4) is 0 Å². The molecule has 0 bridgehead atoms. The summed E-state index contributed by atoms with van der Waals surface area (Å²) in [5.74, 6) is -3.07. The molecule has 0 saturated carbocycles. The summed E-state index contributed by atoms with van der Waals surface area (Å²) in [4.78, 5) is 23.1. The first-order chi connectivity index (χ1) is 12.3. The highest BCUT2D eigenvalue weighted by atomic mass is 28.4. The van der Waals surface area contributed by atoms with E-state index in [1.165, 1.54) is 0 Å². The highest BCUT2D eigenvalue weighted by Crippen LogP contribution is 2.35. The van der Waals surface area contributed by atoms with Gasteiger partial charge in [-0.3, -0.25) is 0 Å². The van der Waals surface area contributed by atoms with Crippen molar-refractivity contribution in [1.82, 2.24) is 0 Å². The molecule has 0 radical (unpaired) electrons. The van der Waals surface area contributed by atoms with Gasteiger partial charge in [-0.25, -0.2) is 9.59 Å². The molecule has 0 saturated heterocycles. The molecule has 0 amide bonds. The Labute approximate surface area is 161 Å². The lowest BCUT2D eigenvalue weighted by Gasteiger charge is -2.36. The van der Waals surface area contributed by atoms with Crippen molar-refractivity contribution in [2.24, 2.45) is 0 Å². The van der Waals surface area contributed by atoms with E-state index in [0.29, 0.717) is 12.5 Å². The van der Waals surface area contributed by atoms with E-state index in [1.54, 1.807) is 6.92 Å². The Hall–Kier alpha value is -1.35. The topological polar surface area (TPSA) is 61.8 Å². The highest BCUT2D eigenvalue weighted by Gasteiger charge is 2.59. The Kier molecular flexibility index (Phi) is 8.98.